The van der Waals surface area contributed by atoms with Crippen molar-refractivity contribution in [2.45, 2.75) is 0 Å². The average molecular weight is 415 g/mol. The summed E-state index contributed by atoms with van der Waals surface area (Å²) in [6, 6.07) is 15.8. The van der Waals surface area contributed by atoms with Gasteiger partial charge in [0.15, 0.2) is 0 Å². The highest BCUT2D eigenvalue weighted by molar-refractivity contribution is 14.1. The number of anilines is 1. The zero-order valence-corrected chi connectivity index (χ0v) is 13.9. The first kappa shape index (κ1) is 15.2. The SMILES string of the molecule is N#C/C(C(=O)c1ccccc1I)=C1\NC(=O)c2ccccc2N1. The summed E-state index contributed by atoms with van der Waals surface area (Å²) < 4.78 is 0.742. The number of hydrogen-bond donors (Lipinski definition) is 2. The number of amides is 1. The summed E-state index contributed by atoms with van der Waals surface area (Å²) in [6.07, 6.45) is 0. The normalized spacial score (nSPS) is 14.9. The fourth-order valence-electron chi connectivity index (χ4n) is 2.26. The number of benzene rings is 2. The molecule has 1 aliphatic rings. The number of carbonyl (C=O) groups is 2. The van der Waals surface area contributed by atoms with Gasteiger partial charge in [-0.25, -0.2) is 0 Å². The molecule has 6 heteroatoms. The Bertz CT molecular complexity index is 897. The van der Waals surface area contributed by atoms with Crippen LogP contribution in [0, 0.1) is 14.9 Å². The Kier molecular flexibility index (Phi) is 4.12. The van der Waals surface area contributed by atoms with Crippen LogP contribution in [0.2, 0.25) is 0 Å². The average Bonchev–Trinajstić information content (AvgIpc) is 2.56. The molecule has 2 aromatic rings. The number of rotatable bonds is 2. The molecule has 0 radical (unpaired) electrons. The Morgan fingerprint density at radius 2 is 1.74 bits per heavy atom. The molecule has 0 unspecified atom stereocenters. The van der Waals surface area contributed by atoms with Crippen molar-refractivity contribution in [1.82, 2.24) is 5.32 Å². The van der Waals surface area contributed by atoms with E-state index in [1.54, 1.807) is 42.5 Å². The smallest absolute Gasteiger partial charge is 0.258 e. The third-order valence-electron chi connectivity index (χ3n) is 3.38. The van der Waals surface area contributed by atoms with Gasteiger partial charge in [0.1, 0.15) is 17.5 Å². The first-order valence-corrected chi connectivity index (χ1v) is 7.80. The van der Waals surface area contributed by atoms with Crippen molar-refractivity contribution in [1.29, 1.82) is 5.26 Å². The number of Topliss-reactive ketones (excluding diaryl/α,β-unsaturated/α-hetero) is 1. The number of carbonyl (C=O) groups excluding carboxylic acids is 2. The first-order valence-electron chi connectivity index (χ1n) is 6.73. The molecule has 5 nitrogen and oxygen atoms in total. The van der Waals surface area contributed by atoms with E-state index in [9.17, 15) is 14.9 Å². The zero-order valence-electron chi connectivity index (χ0n) is 11.8. The lowest BCUT2D eigenvalue weighted by Crippen LogP contribution is -2.34. The minimum absolute atomic E-state index is 0.112. The van der Waals surface area contributed by atoms with Crippen molar-refractivity contribution in [2.24, 2.45) is 0 Å². The topological polar surface area (TPSA) is 82.0 Å². The molecule has 0 fully saturated rings. The summed E-state index contributed by atoms with van der Waals surface area (Å²) in [5, 5.41) is 14.9. The standard InChI is InChI=1S/C17H10IN3O2/c18-13-7-3-1-5-10(13)15(22)12(9-19)16-20-14-8-4-2-6-11(14)17(23)21-16/h1-8,20H,(H,21,23)/b16-12+. The molecule has 0 saturated carbocycles. The van der Waals surface area contributed by atoms with Crippen LogP contribution in [0.4, 0.5) is 5.69 Å². The Labute approximate surface area is 146 Å². The molecule has 23 heavy (non-hydrogen) atoms. The second kappa shape index (κ2) is 6.22. The van der Waals surface area contributed by atoms with E-state index in [4.69, 9.17) is 0 Å². The summed E-state index contributed by atoms with van der Waals surface area (Å²) in [5.74, 6) is -0.668. The highest BCUT2D eigenvalue weighted by Gasteiger charge is 2.25. The van der Waals surface area contributed by atoms with Gasteiger partial charge in [0.25, 0.3) is 5.91 Å². The number of para-hydroxylation sites is 1. The van der Waals surface area contributed by atoms with Crippen LogP contribution in [0.25, 0.3) is 0 Å². The minimum atomic E-state index is -0.431. The number of fused-ring (bicyclic) bond motifs is 1. The zero-order chi connectivity index (χ0) is 16.4. The number of ketones is 1. The molecule has 2 aromatic carbocycles. The third kappa shape index (κ3) is 2.83. The molecule has 1 aliphatic heterocycles. The Balaban J connectivity index is 2.06. The van der Waals surface area contributed by atoms with Crippen molar-refractivity contribution in [3.63, 3.8) is 0 Å². The molecule has 2 N–H and O–H groups in total. The maximum absolute atomic E-state index is 12.6. The van der Waals surface area contributed by atoms with E-state index in [1.807, 2.05) is 34.7 Å². The molecule has 0 spiro atoms. The van der Waals surface area contributed by atoms with Gasteiger partial charge in [0.2, 0.25) is 5.78 Å². The molecular formula is C17H10IN3O2. The minimum Gasteiger partial charge on any atom is -0.340 e. The van der Waals surface area contributed by atoms with E-state index >= 15 is 0 Å². The quantitative estimate of drug-likeness (QED) is 0.342. The summed E-state index contributed by atoms with van der Waals surface area (Å²) in [7, 11) is 0. The van der Waals surface area contributed by atoms with Gasteiger partial charge in [-0.1, -0.05) is 24.3 Å². The monoisotopic (exact) mass is 415 g/mol. The van der Waals surface area contributed by atoms with Crippen LogP contribution in [-0.2, 0) is 0 Å². The van der Waals surface area contributed by atoms with Crippen LogP contribution in [0.1, 0.15) is 20.7 Å². The molecule has 0 saturated heterocycles. The molecule has 1 heterocycles. The molecule has 112 valence electrons. The highest BCUT2D eigenvalue weighted by Crippen LogP contribution is 2.24. The van der Waals surface area contributed by atoms with Crippen molar-refractivity contribution < 1.29 is 9.59 Å². The van der Waals surface area contributed by atoms with Gasteiger partial charge in [-0.15, -0.1) is 0 Å². The van der Waals surface area contributed by atoms with Crippen LogP contribution in [0.3, 0.4) is 0 Å². The largest absolute Gasteiger partial charge is 0.340 e. The van der Waals surface area contributed by atoms with Crippen LogP contribution < -0.4 is 10.6 Å². The van der Waals surface area contributed by atoms with E-state index in [0.29, 0.717) is 16.8 Å². The lowest BCUT2D eigenvalue weighted by Gasteiger charge is -2.22. The Hall–Kier alpha value is -2.66. The van der Waals surface area contributed by atoms with E-state index in [2.05, 4.69) is 10.6 Å². The number of nitriles is 1. The molecule has 0 bridgehead atoms. The maximum atomic E-state index is 12.6. The van der Waals surface area contributed by atoms with Crippen LogP contribution >= 0.6 is 22.6 Å². The molecule has 0 aliphatic carbocycles. The maximum Gasteiger partial charge on any atom is 0.258 e. The van der Waals surface area contributed by atoms with Crippen LogP contribution in [-0.4, -0.2) is 11.7 Å². The summed E-state index contributed by atoms with van der Waals surface area (Å²) in [4.78, 5) is 24.8. The fraction of sp³-hybridized carbons (Fsp3) is 0. The van der Waals surface area contributed by atoms with E-state index in [-0.39, 0.29) is 17.3 Å². The second-order valence-electron chi connectivity index (χ2n) is 4.80. The molecular weight excluding hydrogens is 405 g/mol. The summed E-state index contributed by atoms with van der Waals surface area (Å²) in [5.41, 5.74) is 1.33. The van der Waals surface area contributed by atoms with Crippen molar-refractivity contribution in [2.75, 3.05) is 5.32 Å². The molecule has 0 aromatic heterocycles. The number of nitrogens with zero attached hydrogens (tertiary/aromatic N) is 1. The summed E-state index contributed by atoms with van der Waals surface area (Å²) in [6.45, 7) is 0. The third-order valence-corrected chi connectivity index (χ3v) is 4.32. The molecule has 3 rings (SSSR count). The van der Waals surface area contributed by atoms with Crippen molar-refractivity contribution in [3.05, 3.63) is 74.6 Å². The summed E-state index contributed by atoms with van der Waals surface area (Å²) >= 11 is 2.04. The van der Waals surface area contributed by atoms with Gasteiger partial charge in [-0.05, 0) is 46.9 Å². The van der Waals surface area contributed by atoms with Gasteiger partial charge in [-0.3, -0.25) is 9.59 Å². The first-order chi connectivity index (χ1) is 11.1. The van der Waals surface area contributed by atoms with Gasteiger partial charge in [-0.2, -0.15) is 5.26 Å². The van der Waals surface area contributed by atoms with Crippen molar-refractivity contribution >= 4 is 40.0 Å². The molecule has 1 amide bonds. The number of allylic oxidation sites excluding steroid dienone is 1. The lowest BCUT2D eigenvalue weighted by atomic mass is 10.0. The second-order valence-corrected chi connectivity index (χ2v) is 5.96. The van der Waals surface area contributed by atoms with E-state index in [1.165, 1.54) is 0 Å². The highest BCUT2D eigenvalue weighted by atomic mass is 127. The Morgan fingerprint density at radius 1 is 1.04 bits per heavy atom. The van der Waals surface area contributed by atoms with Gasteiger partial charge in [0, 0.05) is 9.13 Å². The van der Waals surface area contributed by atoms with E-state index in [0.717, 1.165) is 3.57 Å². The van der Waals surface area contributed by atoms with Crippen LogP contribution in [0.15, 0.2) is 59.9 Å². The predicted molar refractivity (Wildman–Crippen MR) is 93.7 cm³/mol. The fourth-order valence-corrected chi connectivity index (χ4v) is 2.89. The van der Waals surface area contributed by atoms with Gasteiger partial charge in [0.05, 0.1) is 11.3 Å². The molecule has 0 atom stereocenters. The van der Waals surface area contributed by atoms with Gasteiger partial charge >= 0.3 is 0 Å². The van der Waals surface area contributed by atoms with Crippen LogP contribution in [0.5, 0.6) is 0 Å². The van der Waals surface area contributed by atoms with Crippen molar-refractivity contribution in [3.8, 4) is 6.07 Å². The number of nitrogens with one attached hydrogen (secondary N) is 2. The predicted octanol–water partition coefficient (Wildman–Crippen LogP) is 3.06. The van der Waals surface area contributed by atoms with E-state index < -0.39 is 5.78 Å². The number of halogens is 1. The Morgan fingerprint density at radius 3 is 2.48 bits per heavy atom. The lowest BCUT2D eigenvalue weighted by molar-refractivity contribution is 0.0963. The number of hydrogen-bond acceptors (Lipinski definition) is 4. The van der Waals surface area contributed by atoms with Gasteiger partial charge < -0.3 is 10.6 Å².